The van der Waals surface area contributed by atoms with E-state index < -0.39 is 17.9 Å². The SMILES string of the molecule is CCn1n[c]c(C(F)F)c1F. The normalized spacial score (nSPS) is 11.0. The molecule has 1 aromatic rings. The lowest BCUT2D eigenvalue weighted by atomic mass is 10.4. The first-order valence-corrected chi connectivity index (χ1v) is 3.08. The van der Waals surface area contributed by atoms with E-state index in [0.717, 1.165) is 4.68 Å². The van der Waals surface area contributed by atoms with Gasteiger partial charge in [0.2, 0.25) is 5.95 Å². The van der Waals surface area contributed by atoms with Crippen molar-refractivity contribution in [3.8, 4) is 0 Å². The maximum Gasteiger partial charge on any atom is 0.270 e. The highest BCUT2D eigenvalue weighted by Crippen LogP contribution is 2.20. The maximum absolute atomic E-state index is 12.7. The average Bonchev–Trinajstić information content (AvgIpc) is 2.30. The first-order valence-electron chi connectivity index (χ1n) is 3.08. The largest absolute Gasteiger partial charge is 0.270 e. The lowest BCUT2D eigenvalue weighted by Gasteiger charge is -1.95. The van der Waals surface area contributed by atoms with E-state index in [1.807, 2.05) is 6.20 Å². The first-order chi connectivity index (χ1) is 5.16. The van der Waals surface area contributed by atoms with Crippen LogP contribution < -0.4 is 0 Å². The van der Waals surface area contributed by atoms with E-state index in [0.29, 0.717) is 0 Å². The van der Waals surface area contributed by atoms with Gasteiger partial charge in [-0.2, -0.15) is 9.49 Å². The molecular weight excluding hydrogens is 157 g/mol. The van der Waals surface area contributed by atoms with Crippen LogP contribution in [0.1, 0.15) is 18.9 Å². The maximum atomic E-state index is 12.7. The molecule has 0 aliphatic carbocycles. The second-order valence-corrected chi connectivity index (χ2v) is 1.93. The van der Waals surface area contributed by atoms with Gasteiger partial charge in [-0.3, -0.25) is 0 Å². The van der Waals surface area contributed by atoms with Gasteiger partial charge in [-0.25, -0.2) is 13.5 Å². The van der Waals surface area contributed by atoms with Crippen molar-refractivity contribution in [2.75, 3.05) is 0 Å². The minimum atomic E-state index is -2.84. The van der Waals surface area contributed by atoms with Crippen LogP contribution in [-0.4, -0.2) is 9.78 Å². The van der Waals surface area contributed by atoms with Gasteiger partial charge in [0.05, 0.1) is 0 Å². The second kappa shape index (κ2) is 2.94. The zero-order chi connectivity index (χ0) is 8.43. The van der Waals surface area contributed by atoms with Crippen LogP contribution in [0.3, 0.4) is 0 Å². The van der Waals surface area contributed by atoms with E-state index in [4.69, 9.17) is 0 Å². The third-order valence-corrected chi connectivity index (χ3v) is 1.26. The number of nitrogens with zero attached hydrogens (tertiary/aromatic N) is 2. The summed E-state index contributed by atoms with van der Waals surface area (Å²) < 4.78 is 37.2. The lowest BCUT2D eigenvalue weighted by molar-refractivity contribution is 0.145. The molecule has 1 radical (unpaired) electrons. The van der Waals surface area contributed by atoms with Gasteiger partial charge in [0.15, 0.2) is 0 Å². The molecular formula is C6H6F3N2. The summed E-state index contributed by atoms with van der Waals surface area (Å²) in [6.07, 6.45) is -0.925. The highest BCUT2D eigenvalue weighted by atomic mass is 19.3. The average molecular weight is 163 g/mol. The van der Waals surface area contributed by atoms with Gasteiger partial charge >= 0.3 is 0 Å². The summed E-state index contributed by atoms with van der Waals surface area (Å²) in [4.78, 5) is 0. The van der Waals surface area contributed by atoms with Gasteiger partial charge in [-0.1, -0.05) is 0 Å². The Morgan fingerprint density at radius 2 is 2.27 bits per heavy atom. The third-order valence-electron chi connectivity index (χ3n) is 1.26. The van der Waals surface area contributed by atoms with E-state index in [1.54, 1.807) is 6.92 Å². The van der Waals surface area contributed by atoms with E-state index in [-0.39, 0.29) is 6.54 Å². The zero-order valence-electron chi connectivity index (χ0n) is 5.81. The van der Waals surface area contributed by atoms with Crippen LogP contribution in [-0.2, 0) is 6.54 Å². The van der Waals surface area contributed by atoms with Crippen LogP contribution in [0.15, 0.2) is 0 Å². The van der Waals surface area contributed by atoms with Gasteiger partial charge in [0.25, 0.3) is 6.43 Å². The van der Waals surface area contributed by atoms with Gasteiger partial charge in [-0.05, 0) is 6.92 Å². The monoisotopic (exact) mass is 163 g/mol. The minimum absolute atomic E-state index is 0.231. The Hall–Kier alpha value is -1.00. The van der Waals surface area contributed by atoms with Gasteiger partial charge in [0.1, 0.15) is 11.8 Å². The molecule has 0 fully saturated rings. The predicted octanol–water partition coefficient (Wildman–Crippen LogP) is 1.78. The molecule has 0 bridgehead atoms. The van der Waals surface area contributed by atoms with E-state index >= 15 is 0 Å². The van der Waals surface area contributed by atoms with Gasteiger partial charge in [0, 0.05) is 6.54 Å². The molecule has 0 aromatic carbocycles. The smallest absolute Gasteiger partial charge is 0.239 e. The summed E-state index contributed by atoms with van der Waals surface area (Å²) >= 11 is 0. The van der Waals surface area contributed by atoms with Crippen molar-refractivity contribution < 1.29 is 13.2 Å². The number of rotatable bonds is 2. The Morgan fingerprint density at radius 3 is 2.55 bits per heavy atom. The van der Waals surface area contributed by atoms with Crippen molar-refractivity contribution >= 4 is 0 Å². The third kappa shape index (κ3) is 1.36. The summed E-state index contributed by atoms with van der Waals surface area (Å²) in [5.41, 5.74) is -0.758. The fraction of sp³-hybridized carbons (Fsp3) is 0.500. The van der Waals surface area contributed by atoms with Gasteiger partial charge < -0.3 is 0 Å². The van der Waals surface area contributed by atoms with Crippen LogP contribution in [0.25, 0.3) is 0 Å². The molecule has 0 amide bonds. The predicted molar refractivity (Wildman–Crippen MR) is 31.7 cm³/mol. The topological polar surface area (TPSA) is 17.8 Å². The quantitative estimate of drug-likeness (QED) is 0.649. The van der Waals surface area contributed by atoms with Crippen LogP contribution in [0.4, 0.5) is 13.2 Å². The molecule has 0 N–H and O–H groups in total. The molecule has 1 rings (SSSR count). The van der Waals surface area contributed by atoms with Crippen LogP contribution in [0.2, 0.25) is 0 Å². The fourth-order valence-electron chi connectivity index (χ4n) is 0.692. The number of halogens is 3. The molecule has 5 heteroatoms. The lowest BCUT2D eigenvalue weighted by Crippen LogP contribution is -2.00. The van der Waals surface area contributed by atoms with Crippen LogP contribution in [0, 0.1) is 12.1 Å². The summed E-state index contributed by atoms with van der Waals surface area (Å²) in [5.74, 6) is -0.998. The minimum Gasteiger partial charge on any atom is -0.239 e. The highest BCUT2D eigenvalue weighted by molar-refractivity contribution is 5.06. The van der Waals surface area contributed by atoms with Crippen LogP contribution in [0.5, 0.6) is 0 Å². The summed E-state index contributed by atoms with van der Waals surface area (Å²) in [7, 11) is 0. The molecule has 0 aliphatic rings. The molecule has 0 saturated heterocycles. The van der Waals surface area contributed by atoms with Crippen molar-refractivity contribution in [3.63, 3.8) is 0 Å². The number of hydrogen-bond donors (Lipinski definition) is 0. The number of alkyl halides is 2. The zero-order valence-corrected chi connectivity index (χ0v) is 5.81. The molecule has 0 aliphatic heterocycles. The molecule has 1 aromatic heterocycles. The Kier molecular flexibility index (Phi) is 2.16. The van der Waals surface area contributed by atoms with Crippen LogP contribution >= 0.6 is 0 Å². The van der Waals surface area contributed by atoms with Crippen molar-refractivity contribution in [1.82, 2.24) is 9.78 Å². The highest BCUT2D eigenvalue weighted by Gasteiger charge is 2.18. The number of aromatic nitrogens is 2. The van der Waals surface area contributed by atoms with Gasteiger partial charge in [-0.15, -0.1) is 0 Å². The standard InChI is InChI=1S/C6H6F3N2/c1-2-11-6(9)4(3-10-11)5(7)8/h5H,2H2,1H3. The molecule has 11 heavy (non-hydrogen) atoms. The summed E-state index contributed by atoms with van der Waals surface area (Å²) in [6.45, 7) is 1.84. The Morgan fingerprint density at radius 1 is 1.64 bits per heavy atom. The number of hydrogen-bond acceptors (Lipinski definition) is 1. The molecule has 1 heterocycles. The first kappa shape index (κ1) is 8.10. The number of aryl methyl sites for hydroxylation is 1. The molecule has 2 nitrogen and oxygen atoms in total. The Balaban J connectivity index is 3.00. The molecule has 61 valence electrons. The fourth-order valence-corrected chi connectivity index (χ4v) is 0.692. The Labute approximate surface area is 61.6 Å². The van der Waals surface area contributed by atoms with Crippen molar-refractivity contribution in [2.24, 2.45) is 0 Å². The van der Waals surface area contributed by atoms with Crippen molar-refractivity contribution in [2.45, 2.75) is 19.9 Å². The molecule has 0 unspecified atom stereocenters. The van der Waals surface area contributed by atoms with Crippen molar-refractivity contribution in [3.05, 3.63) is 17.7 Å². The molecule has 0 saturated carbocycles. The van der Waals surface area contributed by atoms with E-state index in [1.165, 1.54) is 0 Å². The van der Waals surface area contributed by atoms with Crippen molar-refractivity contribution in [1.29, 1.82) is 0 Å². The second-order valence-electron chi connectivity index (χ2n) is 1.93. The molecule has 0 spiro atoms. The summed E-state index contributed by atoms with van der Waals surface area (Å²) in [5, 5.41) is 3.29. The Bertz CT molecular complexity index is 244. The molecule has 0 atom stereocenters. The van der Waals surface area contributed by atoms with E-state index in [9.17, 15) is 13.2 Å². The summed E-state index contributed by atoms with van der Waals surface area (Å²) in [6, 6.07) is 0. The van der Waals surface area contributed by atoms with E-state index in [2.05, 4.69) is 5.10 Å².